The lowest BCUT2D eigenvalue weighted by molar-refractivity contribution is 0.0342. The lowest BCUT2D eigenvalue weighted by Crippen LogP contribution is -2.35. The van der Waals surface area contributed by atoms with Crippen molar-refractivity contribution in [3.8, 4) is 0 Å². The molecule has 0 spiro atoms. The minimum atomic E-state index is 0.881. The van der Waals surface area contributed by atoms with Crippen molar-refractivity contribution >= 4 is 13.3 Å². The van der Waals surface area contributed by atoms with Crippen LogP contribution >= 0.6 is 0 Å². The Morgan fingerprint density at radius 2 is 2.07 bits per heavy atom. The van der Waals surface area contributed by atoms with Crippen molar-refractivity contribution in [2.45, 2.75) is 6.54 Å². The second-order valence-corrected chi connectivity index (χ2v) is 3.88. The molecule has 1 aliphatic rings. The SMILES string of the molecule is Bc1cccc(CN2CCOCC2)c1. The van der Waals surface area contributed by atoms with Crippen LogP contribution in [0.5, 0.6) is 0 Å². The third-order valence-electron chi connectivity index (χ3n) is 2.59. The Hall–Kier alpha value is -0.795. The van der Waals surface area contributed by atoms with E-state index in [1.165, 1.54) is 11.0 Å². The predicted molar refractivity (Wildman–Crippen MR) is 60.7 cm³/mol. The Morgan fingerprint density at radius 3 is 2.79 bits per heavy atom. The predicted octanol–water partition coefficient (Wildman–Crippen LogP) is -0.223. The van der Waals surface area contributed by atoms with Gasteiger partial charge in [0.25, 0.3) is 0 Å². The number of nitrogens with zero attached hydrogens (tertiary/aromatic N) is 1. The van der Waals surface area contributed by atoms with Gasteiger partial charge in [-0.15, -0.1) is 0 Å². The summed E-state index contributed by atoms with van der Waals surface area (Å²) in [5.74, 6) is 0. The first-order valence-electron chi connectivity index (χ1n) is 5.20. The number of rotatable bonds is 2. The molecule has 0 saturated carbocycles. The molecule has 0 radical (unpaired) electrons. The molecule has 0 aliphatic carbocycles. The van der Waals surface area contributed by atoms with E-state index in [4.69, 9.17) is 4.74 Å². The second-order valence-electron chi connectivity index (χ2n) is 3.88. The van der Waals surface area contributed by atoms with Gasteiger partial charge in [0.1, 0.15) is 7.85 Å². The molecule has 0 aromatic heterocycles. The van der Waals surface area contributed by atoms with Crippen molar-refractivity contribution in [1.82, 2.24) is 4.90 Å². The maximum absolute atomic E-state index is 5.32. The number of hydrogen-bond acceptors (Lipinski definition) is 2. The van der Waals surface area contributed by atoms with E-state index in [0.29, 0.717) is 0 Å². The standard InChI is InChI=1S/C11H16BNO/c12-11-3-1-2-10(8-11)9-13-4-6-14-7-5-13/h1-3,8H,4-7,9,12H2. The molecule has 1 aromatic rings. The summed E-state index contributed by atoms with van der Waals surface area (Å²) in [6.07, 6.45) is 0. The molecule has 1 saturated heterocycles. The minimum Gasteiger partial charge on any atom is -0.379 e. The van der Waals surface area contributed by atoms with Crippen LogP contribution in [0.4, 0.5) is 0 Å². The highest BCUT2D eigenvalue weighted by Crippen LogP contribution is 2.05. The number of ether oxygens (including phenoxy) is 1. The zero-order chi connectivity index (χ0) is 9.80. The van der Waals surface area contributed by atoms with Crippen LogP contribution in [0.1, 0.15) is 5.56 Å². The van der Waals surface area contributed by atoms with Crippen molar-refractivity contribution in [3.05, 3.63) is 29.8 Å². The highest BCUT2D eigenvalue weighted by Gasteiger charge is 2.09. The topological polar surface area (TPSA) is 12.5 Å². The zero-order valence-electron chi connectivity index (χ0n) is 8.70. The van der Waals surface area contributed by atoms with E-state index in [1.807, 2.05) is 0 Å². The van der Waals surface area contributed by atoms with Gasteiger partial charge >= 0.3 is 0 Å². The van der Waals surface area contributed by atoms with E-state index in [2.05, 4.69) is 37.0 Å². The molecular weight excluding hydrogens is 173 g/mol. The summed E-state index contributed by atoms with van der Waals surface area (Å²) in [7, 11) is 2.14. The Bertz CT molecular complexity index is 297. The molecule has 1 fully saturated rings. The van der Waals surface area contributed by atoms with Crippen LogP contribution in [0, 0.1) is 0 Å². The molecule has 1 aliphatic heterocycles. The minimum absolute atomic E-state index is 0.881. The summed E-state index contributed by atoms with van der Waals surface area (Å²) >= 11 is 0. The molecule has 0 atom stereocenters. The van der Waals surface area contributed by atoms with Crippen molar-refractivity contribution in [2.24, 2.45) is 0 Å². The number of morpholine rings is 1. The molecule has 0 unspecified atom stereocenters. The molecule has 1 heterocycles. The van der Waals surface area contributed by atoms with Crippen LogP contribution in [0.15, 0.2) is 24.3 Å². The molecule has 1 aromatic carbocycles. The fraction of sp³-hybridized carbons (Fsp3) is 0.455. The molecule has 0 amide bonds. The normalized spacial score (nSPS) is 18.3. The molecule has 0 N–H and O–H groups in total. The van der Waals surface area contributed by atoms with Gasteiger partial charge in [-0.1, -0.05) is 29.7 Å². The molecule has 74 valence electrons. The van der Waals surface area contributed by atoms with E-state index in [1.54, 1.807) is 0 Å². The van der Waals surface area contributed by atoms with Crippen LogP contribution < -0.4 is 5.46 Å². The van der Waals surface area contributed by atoms with Crippen LogP contribution in [-0.4, -0.2) is 39.0 Å². The Balaban J connectivity index is 1.95. The van der Waals surface area contributed by atoms with Gasteiger partial charge in [-0.05, 0) is 5.56 Å². The van der Waals surface area contributed by atoms with E-state index in [-0.39, 0.29) is 0 Å². The summed E-state index contributed by atoms with van der Waals surface area (Å²) in [6, 6.07) is 8.73. The van der Waals surface area contributed by atoms with E-state index < -0.39 is 0 Å². The molecule has 2 nitrogen and oxygen atoms in total. The van der Waals surface area contributed by atoms with Crippen molar-refractivity contribution in [3.63, 3.8) is 0 Å². The molecular formula is C11H16BNO. The summed E-state index contributed by atoms with van der Waals surface area (Å²) in [5, 5.41) is 0. The fourth-order valence-corrected chi connectivity index (χ4v) is 1.83. The third-order valence-corrected chi connectivity index (χ3v) is 2.59. The lowest BCUT2D eigenvalue weighted by atomic mass is 9.94. The highest BCUT2D eigenvalue weighted by molar-refractivity contribution is 6.32. The average Bonchev–Trinajstić information content (AvgIpc) is 2.19. The van der Waals surface area contributed by atoms with Crippen LogP contribution in [0.3, 0.4) is 0 Å². The van der Waals surface area contributed by atoms with Crippen molar-refractivity contribution < 1.29 is 4.74 Å². The van der Waals surface area contributed by atoms with Gasteiger partial charge in [0.15, 0.2) is 0 Å². The summed E-state index contributed by atoms with van der Waals surface area (Å²) in [4.78, 5) is 2.44. The summed E-state index contributed by atoms with van der Waals surface area (Å²) in [5.41, 5.74) is 2.75. The van der Waals surface area contributed by atoms with Gasteiger partial charge < -0.3 is 4.74 Å². The Morgan fingerprint density at radius 1 is 1.29 bits per heavy atom. The second kappa shape index (κ2) is 4.62. The molecule has 2 rings (SSSR count). The smallest absolute Gasteiger partial charge is 0.139 e. The van der Waals surface area contributed by atoms with Gasteiger partial charge in [0.2, 0.25) is 0 Å². The van der Waals surface area contributed by atoms with Gasteiger partial charge in [-0.2, -0.15) is 0 Å². The highest BCUT2D eigenvalue weighted by atomic mass is 16.5. The first-order valence-corrected chi connectivity index (χ1v) is 5.20. The van der Waals surface area contributed by atoms with Gasteiger partial charge in [-0.3, -0.25) is 4.90 Å². The van der Waals surface area contributed by atoms with Crippen molar-refractivity contribution in [2.75, 3.05) is 26.3 Å². The number of hydrogen-bond donors (Lipinski definition) is 0. The van der Waals surface area contributed by atoms with Crippen LogP contribution in [-0.2, 0) is 11.3 Å². The summed E-state index contributed by atoms with van der Waals surface area (Å²) < 4.78 is 5.32. The Kier molecular flexibility index (Phi) is 3.22. The largest absolute Gasteiger partial charge is 0.379 e. The van der Waals surface area contributed by atoms with Crippen molar-refractivity contribution in [1.29, 1.82) is 0 Å². The van der Waals surface area contributed by atoms with E-state index in [9.17, 15) is 0 Å². The Labute approximate surface area is 86.3 Å². The molecule has 0 bridgehead atoms. The first kappa shape index (κ1) is 9.75. The maximum atomic E-state index is 5.32. The maximum Gasteiger partial charge on any atom is 0.139 e. The summed E-state index contributed by atoms with van der Waals surface area (Å²) in [6.45, 7) is 4.95. The van der Waals surface area contributed by atoms with Gasteiger partial charge in [0.05, 0.1) is 13.2 Å². The molecule has 3 heteroatoms. The average molecular weight is 189 g/mol. The lowest BCUT2D eigenvalue weighted by Gasteiger charge is -2.26. The monoisotopic (exact) mass is 189 g/mol. The number of benzene rings is 1. The zero-order valence-corrected chi connectivity index (χ0v) is 8.70. The third kappa shape index (κ3) is 2.60. The van der Waals surface area contributed by atoms with Crippen LogP contribution in [0.2, 0.25) is 0 Å². The molecule has 14 heavy (non-hydrogen) atoms. The van der Waals surface area contributed by atoms with E-state index in [0.717, 1.165) is 32.8 Å². The van der Waals surface area contributed by atoms with E-state index >= 15 is 0 Å². The first-order chi connectivity index (χ1) is 6.84. The fourth-order valence-electron chi connectivity index (χ4n) is 1.83. The van der Waals surface area contributed by atoms with Crippen LogP contribution in [0.25, 0.3) is 0 Å². The van der Waals surface area contributed by atoms with Gasteiger partial charge in [0, 0.05) is 19.6 Å². The quantitative estimate of drug-likeness (QED) is 0.596. The van der Waals surface area contributed by atoms with Gasteiger partial charge in [-0.25, -0.2) is 0 Å².